The van der Waals surface area contributed by atoms with Crippen LogP contribution in [0, 0.1) is 29.1 Å². The number of rotatable bonds is 2. The van der Waals surface area contributed by atoms with E-state index in [-0.39, 0.29) is 34.5 Å². The number of carbonyl (C=O) groups excluding carboxylic acids is 2. The number of allylic oxidation sites excluding steroid dienone is 2. The summed E-state index contributed by atoms with van der Waals surface area (Å²) in [4.78, 5) is 27.3. The van der Waals surface area contributed by atoms with Crippen LogP contribution >= 0.6 is 0 Å². The van der Waals surface area contributed by atoms with Crippen molar-refractivity contribution in [3.63, 3.8) is 0 Å². The van der Waals surface area contributed by atoms with E-state index in [4.69, 9.17) is 5.73 Å². The van der Waals surface area contributed by atoms with E-state index in [0.717, 1.165) is 0 Å². The smallest absolute Gasteiger partial charge is 0.198 e. The molecule has 1 heterocycles. The van der Waals surface area contributed by atoms with Crippen LogP contribution < -0.4 is 11.1 Å². The first-order valence-corrected chi connectivity index (χ1v) is 11.4. The quantitative estimate of drug-likeness (QED) is 0.285. The van der Waals surface area contributed by atoms with Gasteiger partial charge in [0.1, 0.15) is 11.9 Å². The lowest BCUT2D eigenvalue weighted by Crippen LogP contribution is -2.50. The Kier molecular flexibility index (Phi) is 4.37. The number of anilines is 1. The van der Waals surface area contributed by atoms with Crippen molar-refractivity contribution in [2.75, 3.05) is 5.32 Å². The maximum absolute atomic E-state index is 13.8. The molecule has 3 aliphatic carbocycles. The molecule has 2 aromatic carbocycles. The zero-order chi connectivity index (χ0) is 24.7. The number of phenolic OH excluding ortho intramolecular Hbond substituents is 1. The van der Waals surface area contributed by atoms with Crippen molar-refractivity contribution >= 4 is 17.3 Å². The van der Waals surface area contributed by atoms with Gasteiger partial charge < -0.3 is 26.4 Å². The molecule has 7 heteroatoms. The number of hydrogen-bond donors (Lipinski definition) is 5. The number of phenols is 1. The first kappa shape index (κ1) is 21.6. The summed E-state index contributed by atoms with van der Waals surface area (Å²) < 4.78 is 0. The van der Waals surface area contributed by atoms with E-state index >= 15 is 0 Å². The number of hydrogen-bond acceptors (Lipinski definition) is 7. The first-order chi connectivity index (χ1) is 16.8. The average Bonchev–Trinajstić information content (AvgIpc) is 3.57. The second-order valence-corrected chi connectivity index (χ2v) is 9.57. The molecular formula is C28H22N2O5. The van der Waals surface area contributed by atoms with Crippen molar-refractivity contribution < 1.29 is 24.9 Å². The highest BCUT2D eigenvalue weighted by Gasteiger charge is 2.79. The molecule has 2 bridgehead atoms. The van der Waals surface area contributed by atoms with Crippen LogP contribution in [0.3, 0.4) is 0 Å². The molecule has 6 rings (SSSR count). The van der Waals surface area contributed by atoms with Crippen LogP contribution in [0.2, 0.25) is 0 Å². The Morgan fingerprint density at radius 3 is 2.54 bits per heavy atom. The van der Waals surface area contributed by atoms with Crippen LogP contribution in [-0.4, -0.2) is 45.1 Å². The first-order valence-electron chi connectivity index (χ1n) is 11.4. The van der Waals surface area contributed by atoms with Crippen molar-refractivity contribution in [1.82, 2.24) is 0 Å². The van der Waals surface area contributed by atoms with Crippen molar-refractivity contribution in [1.29, 1.82) is 0 Å². The zero-order valence-corrected chi connectivity index (χ0v) is 18.8. The Hall–Kier alpha value is -3.88. The highest BCUT2D eigenvalue weighted by Crippen LogP contribution is 2.74. The number of benzene rings is 2. The average molecular weight is 466 g/mol. The number of carbonyl (C=O) groups is 2. The normalized spacial score (nSPS) is 30.5. The molecule has 1 fully saturated rings. The number of aliphatic hydroxyl groups is 2. The molecule has 0 aromatic heterocycles. The highest BCUT2D eigenvalue weighted by molar-refractivity contribution is 6.31. The van der Waals surface area contributed by atoms with Gasteiger partial charge in [0.25, 0.3) is 0 Å². The molecule has 35 heavy (non-hydrogen) atoms. The van der Waals surface area contributed by atoms with Crippen molar-refractivity contribution in [2.24, 2.45) is 11.1 Å². The summed E-state index contributed by atoms with van der Waals surface area (Å²) >= 11 is 0. The fraction of sp³-hybridized carbons (Fsp3) is 0.286. The molecule has 174 valence electrons. The van der Waals surface area contributed by atoms with E-state index in [1.165, 1.54) is 6.07 Å². The van der Waals surface area contributed by atoms with Gasteiger partial charge in [-0.2, -0.15) is 0 Å². The van der Waals surface area contributed by atoms with Crippen LogP contribution in [0.5, 0.6) is 5.75 Å². The standard InChI is InChI=1S/C28H22N2O5/c1-14(31)27-13-28(27)18-11-19(32)22-23(24(18)30-20(27)6-4-2-3-5-7-21(28)33)25(34)16-9-8-15(12-29)10-17(16)26(22)35/h2-3,8-11,14,20-21,30-33H,12-13,29H2,1H3/b3-2-/t14-,20+,21-,27-,28-/m1/s1. The number of ketones is 2. The second-order valence-electron chi connectivity index (χ2n) is 9.57. The largest absolute Gasteiger partial charge is 0.507 e. The lowest BCUT2D eigenvalue weighted by Gasteiger charge is -2.42. The Morgan fingerprint density at radius 1 is 1.11 bits per heavy atom. The van der Waals surface area contributed by atoms with Gasteiger partial charge in [0.05, 0.1) is 29.0 Å². The fourth-order valence-electron chi connectivity index (χ4n) is 6.29. The molecule has 6 N–H and O–H groups in total. The number of aliphatic hydroxyl groups excluding tert-OH is 2. The summed E-state index contributed by atoms with van der Waals surface area (Å²) in [7, 11) is 0. The second kappa shape index (κ2) is 7.07. The van der Waals surface area contributed by atoms with Crippen LogP contribution in [0.25, 0.3) is 0 Å². The van der Waals surface area contributed by atoms with Gasteiger partial charge in [0.15, 0.2) is 11.6 Å². The fourth-order valence-corrected chi connectivity index (χ4v) is 6.29. The predicted molar refractivity (Wildman–Crippen MR) is 128 cm³/mol. The number of nitrogens with one attached hydrogen (secondary N) is 1. The molecule has 0 radical (unpaired) electrons. The van der Waals surface area contributed by atoms with Gasteiger partial charge in [-0.15, -0.1) is 0 Å². The maximum Gasteiger partial charge on any atom is 0.198 e. The summed E-state index contributed by atoms with van der Waals surface area (Å²) in [6.45, 7) is 1.85. The number of nitrogens with two attached hydrogens (primary N) is 1. The van der Waals surface area contributed by atoms with Crippen LogP contribution in [0.4, 0.5) is 5.69 Å². The van der Waals surface area contributed by atoms with Gasteiger partial charge in [0, 0.05) is 28.5 Å². The Labute approximate surface area is 201 Å². The van der Waals surface area contributed by atoms with Crippen LogP contribution in [0.1, 0.15) is 56.3 Å². The molecule has 0 saturated heterocycles. The summed E-state index contributed by atoms with van der Waals surface area (Å²) in [5.74, 6) is 10.4. The molecule has 7 nitrogen and oxygen atoms in total. The Balaban J connectivity index is 1.66. The lowest BCUT2D eigenvalue weighted by atomic mass is 9.69. The van der Waals surface area contributed by atoms with Gasteiger partial charge in [-0.25, -0.2) is 0 Å². The highest BCUT2D eigenvalue weighted by atomic mass is 16.3. The van der Waals surface area contributed by atoms with Crippen molar-refractivity contribution in [2.45, 2.75) is 43.6 Å². The van der Waals surface area contributed by atoms with Gasteiger partial charge >= 0.3 is 0 Å². The maximum atomic E-state index is 13.8. The van der Waals surface area contributed by atoms with Crippen LogP contribution in [-0.2, 0) is 12.0 Å². The van der Waals surface area contributed by atoms with E-state index in [9.17, 15) is 24.9 Å². The zero-order valence-electron chi connectivity index (χ0n) is 18.8. The van der Waals surface area contributed by atoms with E-state index in [2.05, 4.69) is 29.0 Å². The molecule has 1 aliphatic heterocycles. The third-order valence-electron chi connectivity index (χ3n) is 8.04. The molecule has 0 spiro atoms. The topological polar surface area (TPSA) is 133 Å². The van der Waals surface area contributed by atoms with E-state index in [1.54, 1.807) is 37.3 Å². The Morgan fingerprint density at radius 2 is 1.83 bits per heavy atom. The molecule has 1 saturated carbocycles. The molecule has 4 aliphatic rings. The van der Waals surface area contributed by atoms with Crippen molar-refractivity contribution in [3.8, 4) is 29.4 Å². The van der Waals surface area contributed by atoms with Crippen LogP contribution in [0.15, 0.2) is 36.4 Å². The SMILES string of the molecule is C[C@@H](O)[C@@]12C[C@]13c1cc(O)c4c(c1N[C@H]2C#C/C=C\C#C[C@H]3O)C(=O)c1ccc(CN)cc1C4=O. The third-order valence-corrected chi connectivity index (χ3v) is 8.04. The molecule has 2 aromatic rings. The molecular weight excluding hydrogens is 444 g/mol. The van der Waals surface area contributed by atoms with Gasteiger partial charge in [0.2, 0.25) is 0 Å². The minimum absolute atomic E-state index is 0.0445. The van der Waals surface area contributed by atoms with Gasteiger partial charge in [-0.05, 0) is 54.8 Å². The number of aromatic hydroxyl groups is 1. The summed E-state index contributed by atoms with van der Waals surface area (Å²) in [5.41, 5.74) is 5.58. The van der Waals surface area contributed by atoms with E-state index in [1.807, 2.05) is 0 Å². The molecule has 0 unspecified atom stereocenters. The summed E-state index contributed by atoms with van der Waals surface area (Å²) in [6.07, 6.45) is 1.36. The third kappa shape index (κ3) is 2.53. The minimum Gasteiger partial charge on any atom is -0.507 e. The Bertz CT molecular complexity index is 1520. The molecule has 0 amide bonds. The van der Waals surface area contributed by atoms with E-state index in [0.29, 0.717) is 23.2 Å². The lowest BCUT2D eigenvalue weighted by molar-refractivity contribution is 0.0603. The minimum atomic E-state index is -1.20. The van der Waals surface area contributed by atoms with Gasteiger partial charge in [-0.3, -0.25) is 9.59 Å². The van der Waals surface area contributed by atoms with Gasteiger partial charge in [-0.1, -0.05) is 29.7 Å². The predicted octanol–water partition coefficient (Wildman–Crippen LogP) is 1.37. The number of fused-ring (bicyclic) bond motifs is 4. The summed E-state index contributed by atoms with van der Waals surface area (Å²) in [6, 6.07) is 5.65. The molecule has 5 atom stereocenters. The monoisotopic (exact) mass is 466 g/mol. The summed E-state index contributed by atoms with van der Waals surface area (Å²) in [5, 5.41) is 36.6. The van der Waals surface area contributed by atoms with E-state index < -0.39 is 40.6 Å². The van der Waals surface area contributed by atoms with Crippen molar-refractivity contribution in [3.05, 3.63) is 69.8 Å².